The molecule has 0 radical (unpaired) electrons. The van der Waals surface area contributed by atoms with Crippen LogP contribution in [0.4, 0.5) is 5.69 Å². The molecule has 1 aromatic rings. The van der Waals surface area contributed by atoms with E-state index in [4.69, 9.17) is 9.84 Å². The van der Waals surface area contributed by atoms with Crippen LogP contribution in [0, 0.1) is 0 Å². The Kier molecular flexibility index (Phi) is 5.21. The van der Waals surface area contributed by atoms with E-state index < -0.39 is 5.97 Å². The van der Waals surface area contributed by atoms with Crippen LogP contribution in [0.5, 0.6) is 0 Å². The lowest BCUT2D eigenvalue weighted by Gasteiger charge is -2.22. The van der Waals surface area contributed by atoms with E-state index >= 15 is 0 Å². The number of benzene rings is 1. The molecule has 104 valence electrons. The number of rotatable bonds is 6. The molecule has 19 heavy (non-hydrogen) atoms. The Morgan fingerprint density at radius 2 is 2.11 bits per heavy atom. The first-order valence-electron chi connectivity index (χ1n) is 6.94. The topological polar surface area (TPSA) is 58.6 Å². The van der Waals surface area contributed by atoms with Gasteiger partial charge in [-0.25, -0.2) is 4.79 Å². The molecule has 2 N–H and O–H groups in total. The number of aromatic carboxylic acids is 1. The zero-order chi connectivity index (χ0) is 13.5. The summed E-state index contributed by atoms with van der Waals surface area (Å²) < 4.78 is 5.80. The third-order valence-corrected chi connectivity index (χ3v) is 3.45. The van der Waals surface area contributed by atoms with E-state index in [0.717, 1.165) is 5.69 Å². The van der Waals surface area contributed by atoms with E-state index in [1.54, 1.807) is 18.2 Å². The predicted octanol–water partition coefficient (Wildman–Crippen LogP) is 3.15. The summed E-state index contributed by atoms with van der Waals surface area (Å²) in [6.45, 7) is 1.38. The van der Waals surface area contributed by atoms with Crippen molar-refractivity contribution in [3.8, 4) is 0 Å². The van der Waals surface area contributed by atoms with Gasteiger partial charge in [0.2, 0.25) is 0 Å². The maximum absolute atomic E-state index is 10.8. The quantitative estimate of drug-likeness (QED) is 0.774. The minimum atomic E-state index is -0.901. The van der Waals surface area contributed by atoms with Crippen LogP contribution in [-0.4, -0.2) is 30.3 Å². The van der Waals surface area contributed by atoms with Gasteiger partial charge in [-0.05, 0) is 31.0 Å². The molecule has 0 unspecified atom stereocenters. The van der Waals surface area contributed by atoms with Crippen molar-refractivity contribution in [1.29, 1.82) is 0 Å². The Hall–Kier alpha value is -1.55. The molecule has 1 fully saturated rings. The Bertz CT molecular complexity index is 414. The van der Waals surface area contributed by atoms with E-state index in [9.17, 15) is 4.79 Å². The van der Waals surface area contributed by atoms with Gasteiger partial charge in [-0.1, -0.05) is 25.3 Å². The van der Waals surface area contributed by atoms with E-state index in [-0.39, 0.29) is 0 Å². The number of nitrogens with one attached hydrogen (secondary N) is 1. The van der Waals surface area contributed by atoms with Crippen molar-refractivity contribution >= 4 is 11.7 Å². The Morgan fingerprint density at radius 3 is 2.84 bits per heavy atom. The summed E-state index contributed by atoms with van der Waals surface area (Å²) in [5, 5.41) is 12.1. The van der Waals surface area contributed by atoms with Gasteiger partial charge >= 0.3 is 5.97 Å². The molecule has 0 atom stereocenters. The monoisotopic (exact) mass is 263 g/mol. The number of anilines is 1. The second-order valence-electron chi connectivity index (χ2n) is 4.94. The average Bonchev–Trinajstić information content (AvgIpc) is 2.45. The standard InChI is InChI=1S/C15H21NO3/c17-15(18)12-5-4-6-13(11-12)16-9-10-19-14-7-2-1-3-8-14/h4-6,11,14,16H,1-3,7-10H2,(H,17,18). The average molecular weight is 263 g/mol. The first-order valence-corrected chi connectivity index (χ1v) is 6.94. The van der Waals surface area contributed by atoms with Crippen LogP contribution in [0.1, 0.15) is 42.5 Å². The van der Waals surface area contributed by atoms with Crippen LogP contribution >= 0.6 is 0 Å². The van der Waals surface area contributed by atoms with Gasteiger partial charge in [0.15, 0.2) is 0 Å². The molecule has 0 amide bonds. The fourth-order valence-corrected chi connectivity index (χ4v) is 2.41. The summed E-state index contributed by atoms with van der Waals surface area (Å²) >= 11 is 0. The van der Waals surface area contributed by atoms with Crippen LogP contribution in [0.3, 0.4) is 0 Å². The van der Waals surface area contributed by atoms with Gasteiger partial charge in [-0.3, -0.25) is 0 Å². The highest BCUT2D eigenvalue weighted by molar-refractivity contribution is 5.88. The molecule has 4 nitrogen and oxygen atoms in total. The molecule has 0 aromatic heterocycles. The highest BCUT2D eigenvalue weighted by Gasteiger charge is 2.12. The van der Waals surface area contributed by atoms with Gasteiger partial charge in [-0.15, -0.1) is 0 Å². The fourth-order valence-electron chi connectivity index (χ4n) is 2.41. The van der Waals surface area contributed by atoms with Gasteiger partial charge < -0.3 is 15.2 Å². The minimum absolute atomic E-state index is 0.304. The van der Waals surface area contributed by atoms with Gasteiger partial charge in [-0.2, -0.15) is 0 Å². The van der Waals surface area contributed by atoms with E-state index in [0.29, 0.717) is 24.8 Å². The van der Waals surface area contributed by atoms with Crippen LogP contribution < -0.4 is 5.32 Å². The molecule has 0 bridgehead atoms. The molecular formula is C15H21NO3. The number of hydrogen-bond donors (Lipinski definition) is 2. The van der Waals surface area contributed by atoms with Crippen LogP contribution in [0.25, 0.3) is 0 Å². The molecule has 2 rings (SSSR count). The molecule has 4 heteroatoms. The third-order valence-electron chi connectivity index (χ3n) is 3.45. The molecule has 0 aliphatic heterocycles. The third kappa shape index (κ3) is 4.56. The van der Waals surface area contributed by atoms with Crippen molar-refractivity contribution in [2.24, 2.45) is 0 Å². The number of hydrogen-bond acceptors (Lipinski definition) is 3. The number of ether oxygens (including phenoxy) is 1. The van der Waals surface area contributed by atoms with Gasteiger partial charge in [0.05, 0.1) is 18.3 Å². The van der Waals surface area contributed by atoms with Crippen molar-refractivity contribution in [2.75, 3.05) is 18.5 Å². The zero-order valence-corrected chi connectivity index (χ0v) is 11.1. The summed E-state index contributed by atoms with van der Waals surface area (Å²) in [5.74, 6) is -0.901. The van der Waals surface area contributed by atoms with Crippen LogP contribution in [-0.2, 0) is 4.74 Å². The van der Waals surface area contributed by atoms with Crippen molar-refractivity contribution in [2.45, 2.75) is 38.2 Å². The summed E-state index contributed by atoms with van der Waals surface area (Å²) in [4.78, 5) is 10.8. The zero-order valence-electron chi connectivity index (χ0n) is 11.1. The molecule has 0 heterocycles. The molecule has 1 aliphatic rings. The van der Waals surface area contributed by atoms with Crippen LogP contribution in [0.2, 0.25) is 0 Å². The van der Waals surface area contributed by atoms with E-state index in [2.05, 4.69) is 5.32 Å². The molecule has 1 aliphatic carbocycles. The summed E-state index contributed by atoms with van der Waals surface area (Å²) in [5.41, 5.74) is 1.13. The summed E-state index contributed by atoms with van der Waals surface area (Å²) in [6, 6.07) is 6.84. The van der Waals surface area contributed by atoms with Gasteiger partial charge in [0.1, 0.15) is 0 Å². The Balaban J connectivity index is 1.70. The van der Waals surface area contributed by atoms with Crippen molar-refractivity contribution in [3.05, 3.63) is 29.8 Å². The maximum atomic E-state index is 10.8. The van der Waals surface area contributed by atoms with Crippen LogP contribution in [0.15, 0.2) is 24.3 Å². The molecule has 0 spiro atoms. The lowest BCUT2D eigenvalue weighted by Crippen LogP contribution is -2.20. The summed E-state index contributed by atoms with van der Waals surface area (Å²) in [7, 11) is 0. The first-order chi connectivity index (χ1) is 9.25. The second-order valence-corrected chi connectivity index (χ2v) is 4.94. The lowest BCUT2D eigenvalue weighted by molar-refractivity contribution is 0.0347. The lowest BCUT2D eigenvalue weighted by atomic mass is 9.98. The smallest absolute Gasteiger partial charge is 0.335 e. The molecule has 1 saturated carbocycles. The van der Waals surface area contributed by atoms with E-state index in [1.165, 1.54) is 32.1 Å². The second kappa shape index (κ2) is 7.14. The Labute approximate surface area is 113 Å². The SMILES string of the molecule is O=C(O)c1cccc(NCCOC2CCCCC2)c1. The number of carboxylic acids is 1. The highest BCUT2D eigenvalue weighted by Crippen LogP contribution is 2.20. The minimum Gasteiger partial charge on any atom is -0.478 e. The fraction of sp³-hybridized carbons (Fsp3) is 0.533. The van der Waals surface area contributed by atoms with Gasteiger partial charge in [0, 0.05) is 12.2 Å². The Morgan fingerprint density at radius 1 is 1.32 bits per heavy atom. The highest BCUT2D eigenvalue weighted by atomic mass is 16.5. The molecule has 0 saturated heterocycles. The first kappa shape index (κ1) is 13.9. The van der Waals surface area contributed by atoms with Crippen molar-refractivity contribution in [3.63, 3.8) is 0 Å². The molecule has 1 aromatic carbocycles. The maximum Gasteiger partial charge on any atom is 0.335 e. The largest absolute Gasteiger partial charge is 0.478 e. The predicted molar refractivity (Wildman–Crippen MR) is 74.7 cm³/mol. The van der Waals surface area contributed by atoms with Crippen molar-refractivity contribution < 1.29 is 14.6 Å². The normalized spacial score (nSPS) is 16.2. The number of carbonyl (C=O) groups is 1. The van der Waals surface area contributed by atoms with Gasteiger partial charge in [0.25, 0.3) is 0 Å². The van der Waals surface area contributed by atoms with E-state index in [1.807, 2.05) is 6.07 Å². The number of carboxylic acid groups (broad SMARTS) is 1. The summed E-state index contributed by atoms with van der Waals surface area (Å²) in [6.07, 6.45) is 6.65. The molecular weight excluding hydrogens is 242 g/mol. The van der Waals surface area contributed by atoms with Crippen molar-refractivity contribution in [1.82, 2.24) is 0 Å².